The molecule has 0 spiro atoms. The van der Waals surface area contributed by atoms with Gasteiger partial charge in [-0.15, -0.1) is 0 Å². The molecule has 9 aromatic heterocycles. The summed E-state index contributed by atoms with van der Waals surface area (Å²) < 4.78 is 123. The number of halogens is 6. The molecule has 0 saturated carbocycles. The standard InChI is InChI=1S/C23H17ClN4O2S.C23H14F4N4.C23H17FN4O2S/c1-31(29,30)20-9-2-16(3-10-20)22-14-25-23-11-4-17(15-27(22)23)21-12-13-26-28(21)19-7-5-18(24)6-8-19;24-18-6-1-15(2-7-18)21-13-28-22-10-3-16(14-30(21)22)20-11-12-29-31(20)19-8-4-17(5-9-19)23(25,26)27;1-31(29,30)20-9-2-16(3-10-20)22-14-25-23-11-4-17(15-27(22)23)21-12-13-26-28(21)19-7-5-18(24)6-8-19/h2-15H,1H3;1-14H;2-15H,1H3. The van der Waals surface area contributed by atoms with Crippen molar-refractivity contribution in [3.05, 3.63) is 278 Å². The van der Waals surface area contributed by atoms with Crippen LogP contribution in [0, 0.1) is 11.6 Å². The summed E-state index contributed by atoms with van der Waals surface area (Å²) in [6.45, 7) is 0. The number of fused-ring (bicyclic) bond motifs is 3. The Labute approximate surface area is 532 Å². The maximum Gasteiger partial charge on any atom is 0.416 e. The molecule has 0 aliphatic rings. The van der Waals surface area contributed by atoms with Crippen LogP contribution in [0.4, 0.5) is 22.0 Å². The van der Waals surface area contributed by atoms with Crippen LogP contribution in [0.15, 0.2) is 266 Å². The molecule has 0 bridgehead atoms. The lowest BCUT2D eigenvalue weighted by molar-refractivity contribution is -0.137. The van der Waals surface area contributed by atoms with E-state index in [0.29, 0.717) is 22.1 Å². The molecule has 0 fully saturated rings. The second kappa shape index (κ2) is 24.6. The molecule has 0 aliphatic carbocycles. The predicted octanol–water partition coefficient (Wildman–Crippen LogP) is 15.3. The average Bonchev–Trinajstić information content (AvgIpc) is 1.70. The molecule has 462 valence electrons. The van der Waals surface area contributed by atoms with Crippen molar-refractivity contribution in [1.82, 2.24) is 57.5 Å². The highest BCUT2D eigenvalue weighted by Gasteiger charge is 2.30. The van der Waals surface area contributed by atoms with E-state index in [4.69, 9.17) is 11.6 Å². The summed E-state index contributed by atoms with van der Waals surface area (Å²) in [5.74, 6) is -0.623. The summed E-state index contributed by atoms with van der Waals surface area (Å²) in [6, 6.07) is 55.3. The molecule has 6 aromatic carbocycles. The van der Waals surface area contributed by atoms with Gasteiger partial charge in [0.2, 0.25) is 0 Å². The van der Waals surface area contributed by atoms with E-state index in [0.717, 1.165) is 96.7 Å². The second-order valence-electron chi connectivity index (χ2n) is 21.4. The highest BCUT2D eigenvalue weighted by Crippen LogP contribution is 2.34. The first-order valence-electron chi connectivity index (χ1n) is 28.3. The molecule has 0 aliphatic heterocycles. The number of hydrogen-bond acceptors (Lipinski definition) is 10. The number of alkyl halides is 3. The van der Waals surface area contributed by atoms with Crippen LogP contribution in [0.2, 0.25) is 5.02 Å². The lowest BCUT2D eigenvalue weighted by atomic mass is 10.1. The summed E-state index contributed by atoms with van der Waals surface area (Å²) in [5, 5.41) is 13.8. The predicted molar refractivity (Wildman–Crippen MR) is 346 cm³/mol. The van der Waals surface area contributed by atoms with E-state index in [1.54, 1.807) is 125 Å². The Kier molecular flexibility index (Phi) is 16.1. The van der Waals surface area contributed by atoms with Gasteiger partial charge in [-0.1, -0.05) is 35.9 Å². The Hall–Kier alpha value is -11.1. The minimum atomic E-state index is -4.39. The number of nitrogens with zero attached hydrogens (tertiary/aromatic N) is 12. The molecule has 24 heteroatoms. The Bertz CT molecular complexity index is 5220. The summed E-state index contributed by atoms with van der Waals surface area (Å²) in [7, 11) is -6.50. The molecule has 0 atom stereocenters. The van der Waals surface area contributed by atoms with Crippen LogP contribution in [0.1, 0.15) is 5.56 Å². The van der Waals surface area contributed by atoms with Gasteiger partial charge in [0.1, 0.15) is 28.6 Å². The van der Waals surface area contributed by atoms with Gasteiger partial charge in [-0.25, -0.2) is 54.6 Å². The number of hydrogen-bond donors (Lipinski definition) is 0. The van der Waals surface area contributed by atoms with Gasteiger partial charge in [0.25, 0.3) is 0 Å². The van der Waals surface area contributed by atoms with E-state index >= 15 is 0 Å². The van der Waals surface area contributed by atoms with Crippen molar-refractivity contribution in [2.75, 3.05) is 12.5 Å². The van der Waals surface area contributed by atoms with Crippen LogP contribution >= 0.6 is 11.6 Å². The highest BCUT2D eigenvalue weighted by atomic mass is 35.5. The maximum atomic E-state index is 13.3. The molecule has 0 radical (unpaired) electrons. The molecule has 0 amide bonds. The minimum Gasteiger partial charge on any atom is -0.299 e. The van der Waals surface area contributed by atoms with Gasteiger partial charge >= 0.3 is 6.18 Å². The normalized spacial score (nSPS) is 11.8. The lowest BCUT2D eigenvalue weighted by Gasteiger charge is -2.11. The third-order valence-electron chi connectivity index (χ3n) is 15.2. The molecule has 9 heterocycles. The van der Waals surface area contributed by atoms with Gasteiger partial charge in [-0.05, 0) is 176 Å². The molecule has 15 rings (SSSR count). The fourth-order valence-electron chi connectivity index (χ4n) is 10.5. The van der Waals surface area contributed by atoms with Gasteiger partial charge in [0.15, 0.2) is 19.7 Å². The number of rotatable bonds is 11. The van der Waals surface area contributed by atoms with Crippen molar-refractivity contribution >= 4 is 48.2 Å². The van der Waals surface area contributed by atoms with Gasteiger partial charge in [-0.3, -0.25) is 13.2 Å². The molecular weight excluding hydrogens is 1260 g/mol. The first-order valence-corrected chi connectivity index (χ1v) is 32.5. The first kappa shape index (κ1) is 60.8. The number of imidazole rings is 3. The van der Waals surface area contributed by atoms with Crippen LogP contribution in [-0.2, 0) is 25.9 Å². The molecule has 0 unspecified atom stereocenters. The fraction of sp³-hybridized carbons (Fsp3) is 0.0435. The lowest BCUT2D eigenvalue weighted by Crippen LogP contribution is -2.06. The van der Waals surface area contributed by atoms with E-state index < -0.39 is 31.4 Å². The zero-order valence-corrected chi connectivity index (χ0v) is 51.2. The summed E-state index contributed by atoms with van der Waals surface area (Å²) >= 11 is 6.02. The zero-order chi connectivity index (χ0) is 64.8. The summed E-state index contributed by atoms with van der Waals surface area (Å²) in [5.41, 5.74) is 13.9. The molecular formula is C69H48ClF5N12O4S2. The maximum absolute atomic E-state index is 13.3. The number of aromatic nitrogens is 12. The zero-order valence-electron chi connectivity index (χ0n) is 48.8. The number of pyridine rings is 3. The van der Waals surface area contributed by atoms with E-state index in [-0.39, 0.29) is 21.4 Å². The van der Waals surface area contributed by atoms with Crippen molar-refractivity contribution in [3.8, 4) is 84.6 Å². The second-order valence-corrected chi connectivity index (χ2v) is 25.8. The SMILES string of the molecule is CS(=O)(=O)c1ccc(-c2cnc3ccc(-c4ccnn4-c4ccc(Cl)cc4)cn23)cc1.CS(=O)(=O)c1ccc(-c2cnc3ccc(-c4ccnn4-c4ccc(F)cc4)cn23)cc1.Fc1ccc(-c2cnc3ccc(-c4ccnn4-c4ccc(C(F)(F)F)cc4)cn23)cc1. The summed E-state index contributed by atoms with van der Waals surface area (Å²) in [6.07, 6.45) is 14.1. The first-order chi connectivity index (χ1) is 44.7. The fourth-order valence-corrected chi connectivity index (χ4v) is 11.9. The third-order valence-corrected chi connectivity index (χ3v) is 17.7. The van der Waals surface area contributed by atoms with E-state index in [1.165, 1.54) is 48.9 Å². The molecule has 0 N–H and O–H groups in total. The van der Waals surface area contributed by atoms with Crippen molar-refractivity contribution in [1.29, 1.82) is 0 Å². The average molecular weight is 1300 g/mol. The van der Waals surface area contributed by atoms with E-state index in [9.17, 15) is 38.8 Å². The Morgan fingerprint density at radius 2 is 0.645 bits per heavy atom. The van der Waals surface area contributed by atoms with Gasteiger partial charge in [0, 0.05) is 69.5 Å². The monoisotopic (exact) mass is 1300 g/mol. The number of sulfone groups is 2. The van der Waals surface area contributed by atoms with Crippen molar-refractivity contribution < 1.29 is 38.8 Å². The smallest absolute Gasteiger partial charge is 0.299 e. The van der Waals surface area contributed by atoms with Crippen molar-refractivity contribution in [3.63, 3.8) is 0 Å². The van der Waals surface area contributed by atoms with Crippen molar-refractivity contribution in [2.45, 2.75) is 16.0 Å². The molecule has 15 aromatic rings. The van der Waals surface area contributed by atoms with Crippen LogP contribution < -0.4 is 0 Å². The van der Waals surface area contributed by atoms with Gasteiger partial charge < -0.3 is 0 Å². The molecule has 93 heavy (non-hydrogen) atoms. The van der Waals surface area contributed by atoms with Crippen LogP contribution in [0.3, 0.4) is 0 Å². The molecule has 16 nitrogen and oxygen atoms in total. The highest BCUT2D eigenvalue weighted by molar-refractivity contribution is 7.91. The Morgan fingerprint density at radius 1 is 0.355 bits per heavy atom. The quantitative estimate of drug-likeness (QED) is 0.113. The Balaban J connectivity index is 0.000000127. The van der Waals surface area contributed by atoms with Gasteiger partial charge in [-0.2, -0.15) is 28.5 Å². The van der Waals surface area contributed by atoms with Crippen molar-refractivity contribution in [2.24, 2.45) is 0 Å². The molecule has 0 saturated heterocycles. The third kappa shape index (κ3) is 12.7. The van der Waals surface area contributed by atoms with Gasteiger partial charge in [0.05, 0.1) is 104 Å². The number of benzene rings is 6. The van der Waals surface area contributed by atoms with E-state index in [2.05, 4.69) is 30.2 Å². The van der Waals surface area contributed by atoms with Crippen LogP contribution in [0.25, 0.3) is 102 Å². The minimum absolute atomic E-state index is 0.272. The Morgan fingerprint density at radius 3 is 0.968 bits per heavy atom. The van der Waals surface area contributed by atoms with E-state index in [1.807, 2.05) is 109 Å². The largest absolute Gasteiger partial charge is 0.416 e. The van der Waals surface area contributed by atoms with Crippen LogP contribution in [-0.4, -0.2) is 86.8 Å². The summed E-state index contributed by atoms with van der Waals surface area (Å²) in [4.78, 5) is 13.9. The van der Waals surface area contributed by atoms with Crippen LogP contribution in [0.5, 0.6) is 0 Å². The topological polar surface area (TPSA) is 174 Å².